The molecule has 0 saturated carbocycles. The lowest BCUT2D eigenvalue weighted by Gasteiger charge is -2.06. The summed E-state index contributed by atoms with van der Waals surface area (Å²) in [7, 11) is 0. The van der Waals surface area contributed by atoms with Crippen molar-refractivity contribution in [1.29, 1.82) is 0 Å². The van der Waals surface area contributed by atoms with Crippen LogP contribution in [-0.2, 0) is 16.1 Å². The smallest absolute Gasteiger partial charge is 0.367 e. The highest BCUT2D eigenvalue weighted by Gasteiger charge is 2.14. The van der Waals surface area contributed by atoms with Crippen LogP contribution in [0.2, 0.25) is 0 Å². The molecule has 0 aliphatic carbocycles. The Hall–Kier alpha value is -1.53. The number of aliphatic carboxylic acids is 1. The minimum absolute atomic E-state index is 0.00293. The Labute approximate surface area is 103 Å². The summed E-state index contributed by atoms with van der Waals surface area (Å²) < 4.78 is 4.93. The van der Waals surface area contributed by atoms with E-state index >= 15 is 0 Å². The highest BCUT2D eigenvalue weighted by molar-refractivity contribution is 8.13. The van der Waals surface area contributed by atoms with E-state index in [1.54, 1.807) is 0 Å². The molecule has 0 aliphatic rings. The molecule has 0 spiro atoms. The summed E-state index contributed by atoms with van der Waals surface area (Å²) in [6.07, 6.45) is 0. The Balaban J connectivity index is 2.24. The van der Waals surface area contributed by atoms with Crippen molar-refractivity contribution in [2.75, 3.05) is 5.75 Å². The summed E-state index contributed by atoms with van der Waals surface area (Å²) in [6, 6.07) is 8.17. The average molecular weight is 255 g/mol. The maximum atomic E-state index is 11.2. The van der Waals surface area contributed by atoms with Gasteiger partial charge in [0.25, 0.3) is 0 Å². The normalized spacial score (nSPS) is 11.8. The molecule has 17 heavy (non-hydrogen) atoms. The van der Waals surface area contributed by atoms with Crippen LogP contribution in [0.3, 0.4) is 0 Å². The number of carbonyl (C=O) groups excluding carboxylic acids is 1. The fraction of sp³-hybridized carbons (Fsp3) is 0.273. The van der Waals surface area contributed by atoms with E-state index in [0.717, 1.165) is 17.3 Å². The standard InChI is InChI=1S/C11H13NO4S/c12-9(10(13)14)7-17-11(15)16-6-8-4-2-1-3-5-8/h1-5,9H,6-7,12H2,(H,13,14). The zero-order valence-electron chi connectivity index (χ0n) is 9.04. The molecule has 0 fully saturated rings. The van der Waals surface area contributed by atoms with Gasteiger partial charge in [-0.15, -0.1) is 0 Å². The molecule has 92 valence electrons. The molecule has 6 heteroatoms. The zero-order chi connectivity index (χ0) is 12.7. The Kier molecular flexibility index (Phi) is 5.51. The topological polar surface area (TPSA) is 89.6 Å². The van der Waals surface area contributed by atoms with Crippen LogP contribution in [0.4, 0.5) is 4.79 Å². The second-order valence-corrected chi connectivity index (χ2v) is 4.24. The predicted molar refractivity (Wildman–Crippen MR) is 64.7 cm³/mol. The van der Waals surface area contributed by atoms with Gasteiger partial charge in [0, 0.05) is 5.75 Å². The first kappa shape index (κ1) is 13.5. The molecule has 1 rings (SSSR count). The number of hydrogen-bond donors (Lipinski definition) is 2. The van der Waals surface area contributed by atoms with Crippen molar-refractivity contribution >= 4 is 23.0 Å². The van der Waals surface area contributed by atoms with Crippen LogP contribution in [-0.4, -0.2) is 28.2 Å². The molecular weight excluding hydrogens is 242 g/mol. The molecule has 0 saturated heterocycles. The van der Waals surface area contributed by atoms with Crippen LogP contribution in [0.1, 0.15) is 5.56 Å². The first-order valence-corrected chi connectivity index (χ1v) is 5.90. The van der Waals surface area contributed by atoms with Crippen molar-refractivity contribution in [2.45, 2.75) is 12.6 Å². The first-order chi connectivity index (χ1) is 8.09. The van der Waals surface area contributed by atoms with Crippen LogP contribution < -0.4 is 5.73 Å². The molecule has 0 aliphatic heterocycles. The van der Waals surface area contributed by atoms with Crippen molar-refractivity contribution < 1.29 is 19.4 Å². The first-order valence-electron chi connectivity index (χ1n) is 4.91. The Morgan fingerprint density at radius 3 is 2.59 bits per heavy atom. The van der Waals surface area contributed by atoms with Crippen LogP contribution in [0, 0.1) is 0 Å². The maximum Gasteiger partial charge on any atom is 0.367 e. The van der Waals surface area contributed by atoms with Crippen LogP contribution >= 0.6 is 11.8 Å². The van der Waals surface area contributed by atoms with E-state index in [9.17, 15) is 9.59 Å². The number of hydrogen-bond acceptors (Lipinski definition) is 5. The van der Waals surface area contributed by atoms with Gasteiger partial charge in [-0.1, -0.05) is 30.3 Å². The SMILES string of the molecule is NC(CSC(=O)OCc1ccccc1)C(=O)O. The molecule has 0 amide bonds. The van der Waals surface area contributed by atoms with E-state index < -0.39 is 17.3 Å². The maximum absolute atomic E-state index is 11.2. The lowest BCUT2D eigenvalue weighted by Crippen LogP contribution is -2.32. The third kappa shape index (κ3) is 5.37. The van der Waals surface area contributed by atoms with Crippen LogP contribution in [0.25, 0.3) is 0 Å². The molecule has 1 atom stereocenters. The Bertz CT molecular complexity index is 382. The van der Waals surface area contributed by atoms with Crippen LogP contribution in [0.5, 0.6) is 0 Å². The van der Waals surface area contributed by atoms with Crippen LogP contribution in [0.15, 0.2) is 30.3 Å². The summed E-state index contributed by atoms with van der Waals surface area (Å²) in [5.41, 5.74) is 6.12. The second-order valence-electron chi connectivity index (χ2n) is 3.28. The number of carboxylic acid groups (broad SMARTS) is 1. The fourth-order valence-electron chi connectivity index (χ4n) is 0.987. The van der Waals surface area contributed by atoms with E-state index in [4.69, 9.17) is 15.6 Å². The quantitative estimate of drug-likeness (QED) is 0.774. The van der Waals surface area contributed by atoms with Gasteiger partial charge < -0.3 is 15.6 Å². The van der Waals surface area contributed by atoms with Gasteiger partial charge in [-0.05, 0) is 17.3 Å². The molecule has 0 heterocycles. The Morgan fingerprint density at radius 2 is 2.00 bits per heavy atom. The average Bonchev–Trinajstić information content (AvgIpc) is 2.34. The van der Waals surface area contributed by atoms with Crippen molar-refractivity contribution in [2.24, 2.45) is 5.73 Å². The highest BCUT2D eigenvalue weighted by atomic mass is 32.2. The van der Waals surface area contributed by atoms with Crippen molar-refractivity contribution in [3.63, 3.8) is 0 Å². The summed E-state index contributed by atoms with van der Waals surface area (Å²) in [5, 5.41) is 7.99. The molecule has 0 bridgehead atoms. The van der Waals surface area contributed by atoms with Gasteiger partial charge in [-0.2, -0.15) is 0 Å². The summed E-state index contributed by atoms with van der Waals surface area (Å²) >= 11 is 0.765. The van der Waals surface area contributed by atoms with Crippen molar-refractivity contribution in [3.05, 3.63) is 35.9 Å². The van der Waals surface area contributed by atoms with Gasteiger partial charge in [0.15, 0.2) is 0 Å². The predicted octanol–water partition coefficient (Wildman–Crippen LogP) is 1.47. The van der Waals surface area contributed by atoms with E-state index in [1.165, 1.54) is 0 Å². The van der Waals surface area contributed by atoms with Gasteiger partial charge in [-0.3, -0.25) is 4.79 Å². The monoisotopic (exact) mass is 255 g/mol. The lowest BCUT2D eigenvalue weighted by atomic mass is 10.2. The number of thioether (sulfide) groups is 1. The Morgan fingerprint density at radius 1 is 1.35 bits per heavy atom. The van der Waals surface area contributed by atoms with E-state index in [-0.39, 0.29) is 12.4 Å². The minimum Gasteiger partial charge on any atom is -0.480 e. The lowest BCUT2D eigenvalue weighted by molar-refractivity contribution is -0.137. The molecular formula is C11H13NO4S. The zero-order valence-corrected chi connectivity index (χ0v) is 9.85. The van der Waals surface area contributed by atoms with Gasteiger partial charge in [0.2, 0.25) is 0 Å². The number of ether oxygens (including phenoxy) is 1. The summed E-state index contributed by atoms with van der Waals surface area (Å²) in [5.74, 6) is -1.13. The largest absolute Gasteiger partial charge is 0.480 e. The van der Waals surface area contributed by atoms with Crippen molar-refractivity contribution in [3.8, 4) is 0 Å². The number of benzene rings is 1. The molecule has 0 aromatic heterocycles. The number of carbonyl (C=O) groups is 2. The van der Waals surface area contributed by atoms with E-state index in [1.807, 2.05) is 30.3 Å². The van der Waals surface area contributed by atoms with Gasteiger partial charge in [-0.25, -0.2) is 4.79 Å². The molecule has 3 N–H and O–H groups in total. The third-order valence-electron chi connectivity index (χ3n) is 1.90. The number of nitrogens with two attached hydrogens (primary N) is 1. The summed E-state index contributed by atoms with van der Waals surface area (Å²) in [6.45, 7) is 0.176. The molecule has 1 aromatic rings. The highest BCUT2D eigenvalue weighted by Crippen LogP contribution is 2.09. The summed E-state index contributed by atoms with van der Waals surface area (Å²) in [4.78, 5) is 21.6. The van der Waals surface area contributed by atoms with Gasteiger partial charge in [0.05, 0.1) is 0 Å². The molecule has 1 unspecified atom stereocenters. The third-order valence-corrected chi connectivity index (χ3v) is 2.78. The number of carboxylic acids is 1. The molecule has 5 nitrogen and oxygen atoms in total. The molecule has 0 radical (unpaired) electrons. The van der Waals surface area contributed by atoms with E-state index in [0.29, 0.717) is 0 Å². The van der Waals surface area contributed by atoms with Crippen molar-refractivity contribution in [1.82, 2.24) is 0 Å². The fourth-order valence-corrected chi connectivity index (χ4v) is 1.59. The second kappa shape index (κ2) is 6.93. The van der Waals surface area contributed by atoms with Gasteiger partial charge >= 0.3 is 11.3 Å². The van der Waals surface area contributed by atoms with Gasteiger partial charge in [0.1, 0.15) is 12.6 Å². The van der Waals surface area contributed by atoms with E-state index in [2.05, 4.69) is 0 Å². The minimum atomic E-state index is -1.13. The number of rotatable bonds is 5. The molecule has 1 aromatic carbocycles.